The van der Waals surface area contributed by atoms with E-state index in [-0.39, 0.29) is 6.10 Å². The van der Waals surface area contributed by atoms with Crippen molar-refractivity contribution in [2.45, 2.75) is 39.0 Å². The second-order valence-electron chi connectivity index (χ2n) is 6.68. The summed E-state index contributed by atoms with van der Waals surface area (Å²) in [5, 5.41) is 10.6. The van der Waals surface area contributed by atoms with E-state index in [1.165, 1.54) is 0 Å². The first-order valence-electron chi connectivity index (χ1n) is 8.72. The van der Waals surface area contributed by atoms with E-state index in [2.05, 4.69) is 26.7 Å². The van der Waals surface area contributed by atoms with Crippen LogP contribution in [-0.2, 0) is 6.54 Å². The maximum Gasteiger partial charge on any atom is 0.145 e. The Balaban J connectivity index is 1.70. The average Bonchev–Trinajstić information content (AvgIpc) is 2.56. The van der Waals surface area contributed by atoms with Crippen molar-refractivity contribution in [1.29, 1.82) is 0 Å². The van der Waals surface area contributed by atoms with Crippen molar-refractivity contribution in [3.8, 4) is 0 Å². The predicted molar refractivity (Wildman–Crippen MR) is 96.6 cm³/mol. The number of nitrogens with zero attached hydrogens (tertiary/aromatic N) is 4. The largest absolute Gasteiger partial charge is 0.392 e. The van der Waals surface area contributed by atoms with E-state index in [0.717, 1.165) is 49.3 Å². The summed E-state index contributed by atoms with van der Waals surface area (Å²) in [4.78, 5) is 13.9. The highest BCUT2D eigenvalue weighted by Gasteiger charge is 2.26. The standard InChI is InChI=1S/C18H27N5O/c1-3-14-11-22(8-9-23(14)10-13(2)24)12-17-20-16-7-5-4-6-15(16)18(19)21-17/h4-7,13-14,24H,3,8-12H2,1-2H3,(H2,19,20,21)/t13-,14+/m1/s1. The molecule has 0 unspecified atom stereocenters. The van der Waals surface area contributed by atoms with Gasteiger partial charge in [-0.1, -0.05) is 19.1 Å². The first-order chi connectivity index (χ1) is 11.6. The van der Waals surface area contributed by atoms with Gasteiger partial charge in [-0.25, -0.2) is 9.97 Å². The minimum atomic E-state index is -0.283. The Hall–Kier alpha value is -1.76. The lowest BCUT2D eigenvalue weighted by Crippen LogP contribution is -2.54. The molecule has 6 heteroatoms. The number of nitrogen functional groups attached to an aromatic ring is 1. The highest BCUT2D eigenvalue weighted by Crippen LogP contribution is 2.19. The van der Waals surface area contributed by atoms with Crippen molar-refractivity contribution in [2.24, 2.45) is 0 Å². The molecule has 3 rings (SSSR count). The lowest BCUT2D eigenvalue weighted by molar-refractivity contribution is 0.0329. The molecule has 130 valence electrons. The molecule has 0 spiro atoms. The van der Waals surface area contributed by atoms with Crippen molar-refractivity contribution < 1.29 is 5.11 Å². The third kappa shape index (κ3) is 3.83. The summed E-state index contributed by atoms with van der Waals surface area (Å²) >= 11 is 0. The summed E-state index contributed by atoms with van der Waals surface area (Å²) < 4.78 is 0. The molecule has 1 saturated heterocycles. The average molecular weight is 329 g/mol. The van der Waals surface area contributed by atoms with Gasteiger partial charge < -0.3 is 10.8 Å². The molecule has 3 N–H and O–H groups in total. The summed E-state index contributed by atoms with van der Waals surface area (Å²) in [7, 11) is 0. The summed E-state index contributed by atoms with van der Waals surface area (Å²) in [6.07, 6.45) is 0.790. The van der Waals surface area contributed by atoms with Crippen molar-refractivity contribution in [3.63, 3.8) is 0 Å². The van der Waals surface area contributed by atoms with Gasteiger partial charge in [0.15, 0.2) is 0 Å². The van der Waals surface area contributed by atoms with Gasteiger partial charge in [-0.3, -0.25) is 9.80 Å². The van der Waals surface area contributed by atoms with Gasteiger partial charge in [-0.2, -0.15) is 0 Å². The van der Waals surface area contributed by atoms with Crippen LogP contribution >= 0.6 is 0 Å². The number of nitrogens with two attached hydrogens (primary N) is 1. The number of piperazine rings is 1. The van der Waals surface area contributed by atoms with Crippen LogP contribution in [0.5, 0.6) is 0 Å². The number of fused-ring (bicyclic) bond motifs is 1. The van der Waals surface area contributed by atoms with E-state index in [1.807, 2.05) is 31.2 Å². The third-order valence-corrected chi connectivity index (χ3v) is 4.70. The molecule has 1 aliphatic rings. The maximum atomic E-state index is 9.66. The molecule has 2 heterocycles. The van der Waals surface area contributed by atoms with Gasteiger partial charge in [0.1, 0.15) is 11.6 Å². The van der Waals surface area contributed by atoms with Crippen molar-refractivity contribution in [3.05, 3.63) is 30.1 Å². The maximum absolute atomic E-state index is 9.66. The first kappa shape index (κ1) is 17.1. The number of β-amino-alcohol motifs (C(OH)–C–C–N with tert-alkyl or cyclic N) is 1. The predicted octanol–water partition coefficient (Wildman–Crippen LogP) is 1.49. The van der Waals surface area contributed by atoms with E-state index >= 15 is 0 Å². The SMILES string of the molecule is CC[C@H]1CN(Cc2nc(N)c3ccccc3n2)CCN1C[C@@H](C)O. The van der Waals surface area contributed by atoms with Crippen molar-refractivity contribution in [2.75, 3.05) is 31.9 Å². The summed E-state index contributed by atoms with van der Waals surface area (Å²) in [6, 6.07) is 8.32. The van der Waals surface area contributed by atoms with E-state index in [1.54, 1.807) is 0 Å². The summed E-state index contributed by atoms with van der Waals surface area (Å²) in [5.41, 5.74) is 6.99. The zero-order valence-corrected chi connectivity index (χ0v) is 14.5. The Morgan fingerprint density at radius 2 is 2.08 bits per heavy atom. The minimum Gasteiger partial charge on any atom is -0.392 e. The van der Waals surface area contributed by atoms with Gasteiger partial charge >= 0.3 is 0 Å². The Labute approximate surface area is 143 Å². The zero-order valence-electron chi connectivity index (χ0n) is 14.5. The normalized spacial score (nSPS) is 21.2. The van der Waals surface area contributed by atoms with Gasteiger partial charge in [0.25, 0.3) is 0 Å². The van der Waals surface area contributed by atoms with Crippen LogP contribution in [0.1, 0.15) is 26.1 Å². The molecule has 0 saturated carbocycles. The number of rotatable bonds is 5. The number of aliphatic hydroxyl groups excluding tert-OH is 1. The van der Waals surface area contributed by atoms with Crippen LogP contribution in [0.2, 0.25) is 0 Å². The number of hydrogen-bond acceptors (Lipinski definition) is 6. The lowest BCUT2D eigenvalue weighted by atomic mass is 10.1. The van der Waals surface area contributed by atoms with Crippen LogP contribution in [-0.4, -0.2) is 63.2 Å². The van der Waals surface area contributed by atoms with Crippen LogP contribution in [0.25, 0.3) is 10.9 Å². The van der Waals surface area contributed by atoms with Gasteiger partial charge in [0, 0.05) is 37.6 Å². The Morgan fingerprint density at radius 1 is 1.29 bits per heavy atom. The van der Waals surface area contributed by atoms with Crippen molar-refractivity contribution >= 4 is 16.7 Å². The van der Waals surface area contributed by atoms with E-state index in [4.69, 9.17) is 5.73 Å². The molecule has 1 aliphatic heterocycles. The highest BCUT2D eigenvalue weighted by atomic mass is 16.3. The Bertz CT molecular complexity index is 690. The van der Waals surface area contributed by atoms with Crippen LogP contribution < -0.4 is 5.73 Å². The fourth-order valence-corrected chi connectivity index (χ4v) is 3.49. The lowest BCUT2D eigenvalue weighted by Gasteiger charge is -2.41. The summed E-state index contributed by atoms with van der Waals surface area (Å²) in [5.74, 6) is 1.33. The summed E-state index contributed by atoms with van der Waals surface area (Å²) in [6.45, 7) is 8.41. The van der Waals surface area contributed by atoms with Crippen LogP contribution in [0, 0.1) is 0 Å². The van der Waals surface area contributed by atoms with E-state index in [9.17, 15) is 5.11 Å². The van der Waals surface area contributed by atoms with Crippen molar-refractivity contribution in [1.82, 2.24) is 19.8 Å². The fourth-order valence-electron chi connectivity index (χ4n) is 3.49. The quantitative estimate of drug-likeness (QED) is 0.865. The highest BCUT2D eigenvalue weighted by molar-refractivity contribution is 5.87. The first-order valence-corrected chi connectivity index (χ1v) is 8.72. The molecule has 0 aliphatic carbocycles. The molecular weight excluding hydrogens is 302 g/mol. The van der Waals surface area contributed by atoms with E-state index in [0.29, 0.717) is 18.4 Å². The number of anilines is 1. The molecule has 0 radical (unpaired) electrons. The van der Waals surface area contributed by atoms with Gasteiger partial charge in [-0.15, -0.1) is 0 Å². The number of para-hydroxylation sites is 1. The topological polar surface area (TPSA) is 78.5 Å². The second-order valence-corrected chi connectivity index (χ2v) is 6.68. The third-order valence-electron chi connectivity index (χ3n) is 4.70. The molecule has 1 aromatic heterocycles. The molecular formula is C18H27N5O. The van der Waals surface area contributed by atoms with Crippen LogP contribution in [0.3, 0.4) is 0 Å². The molecule has 24 heavy (non-hydrogen) atoms. The second kappa shape index (κ2) is 7.42. The molecule has 2 atom stereocenters. The van der Waals surface area contributed by atoms with Crippen LogP contribution in [0.15, 0.2) is 24.3 Å². The number of hydrogen-bond donors (Lipinski definition) is 2. The molecule has 0 bridgehead atoms. The van der Waals surface area contributed by atoms with Crippen LogP contribution in [0.4, 0.5) is 5.82 Å². The molecule has 0 amide bonds. The minimum absolute atomic E-state index is 0.283. The molecule has 1 aromatic carbocycles. The van der Waals surface area contributed by atoms with Gasteiger partial charge in [-0.05, 0) is 25.5 Å². The number of aliphatic hydroxyl groups is 1. The zero-order chi connectivity index (χ0) is 17.1. The molecule has 6 nitrogen and oxygen atoms in total. The molecule has 1 fully saturated rings. The number of benzene rings is 1. The van der Waals surface area contributed by atoms with Gasteiger partial charge in [0.2, 0.25) is 0 Å². The van der Waals surface area contributed by atoms with E-state index < -0.39 is 0 Å². The Morgan fingerprint density at radius 3 is 2.83 bits per heavy atom. The monoisotopic (exact) mass is 329 g/mol. The van der Waals surface area contributed by atoms with Gasteiger partial charge in [0.05, 0.1) is 18.2 Å². The Kier molecular flexibility index (Phi) is 5.28. The smallest absolute Gasteiger partial charge is 0.145 e. The molecule has 2 aromatic rings. The fraction of sp³-hybridized carbons (Fsp3) is 0.556. The number of aromatic nitrogens is 2.